The summed E-state index contributed by atoms with van der Waals surface area (Å²) in [7, 11) is 2.17. The Morgan fingerprint density at radius 2 is 2.14 bits per heavy atom. The van der Waals surface area contributed by atoms with E-state index in [1.54, 1.807) is 0 Å². The topological polar surface area (TPSA) is 47.7 Å². The lowest BCUT2D eigenvalue weighted by Crippen LogP contribution is -2.50. The molecule has 0 aliphatic carbocycles. The van der Waals surface area contributed by atoms with Gasteiger partial charge in [-0.1, -0.05) is 13.3 Å². The molecular weight excluding hydrogens is 276 g/mol. The van der Waals surface area contributed by atoms with Crippen LogP contribution in [0, 0.1) is 0 Å². The van der Waals surface area contributed by atoms with E-state index in [4.69, 9.17) is 15.2 Å². The Morgan fingerprint density at radius 1 is 1.36 bits per heavy atom. The van der Waals surface area contributed by atoms with Gasteiger partial charge >= 0.3 is 0 Å². The maximum absolute atomic E-state index is 6.46. The number of fused-ring (bicyclic) bond motifs is 1. The maximum atomic E-state index is 6.46. The zero-order chi connectivity index (χ0) is 15.6. The van der Waals surface area contributed by atoms with Crippen molar-refractivity contribution in [2.75, 3.05) is 26.7 Å². The van der Waals surface area contributed by atoms with Crippen LogP contribution in [0.5, 0.6) is 11.5 Å². The Balaban J connectivity index is 1.74. The molecule has 4 heteroatoms. The van der Waals surface area contributed by atoms with Crippen LogP contribution in [0.3, 0.4) is 0 Å². The van der Waals surface area contributed by atoms with E-state index >= 15 is 0 Å². The van der Waals surface area contributed by atoms with E-state index in [1.165, 1.54) is 0 Å². The van der Waals surface area contributed by atoms with Gasteiger partial charge in [0.05, 0.1) is 6.61 Å². The van der Waals surface area contributed by atoms with Crippen molar-refractivity contribution in [1.29, 1.82) is 0 Å². The maximum Gasteiger partial charge on any atom is 0.125 e. The molecule has 1 aromatic carbocycles. The summed E-state index contributed by atoms with van der Waals surface area (Å²) in [5.41, 5.74) is 7.49. The van der Waals surface area contributed by atoms with E-state index in [2.05, 4.69) is 24.9 Å². The smallest absolute Gasteiger partial charge is 0.125 e. The summed E-state index contributed by atoms with van der Waals surface area (Å²) < 4.78 is 12.2. The van der Waals surface area contributed by atoms with Gasteiger partial charge in [0.25, 0.3) is 0 Å². The molecule has 1 spiro atoms. The third kappa shape index (κ3) is 3.23. The Labute approximate surface area is 133 Å². The fourth-order valence-corrected chi connectivity index (χ4v) is 3.45. The largest absolute Gasteiger partial charge is 0.494 e. The highest BCUT2D eigenvalue weighted by molar-refractivity contribution is 5.44. The normalized spacial score (nSPS) is 23.9. The van der Waals surface area contributed by atoms with Gasteiger partial charge in [-0.15, -0.1) is 0 Å². The molecule has 1 saturated heterocycles. The fraction of sp³-hybridized carbons (Fsp3) is 0.667. The van der Waals surface area contributed by atoms with Crippen LogP contribution in [0.2, 0.25) is 0 Å². The van der Waals surface area contributed by atoms with Crippen molar-refractivity contribution in [3.05, 3.63) is 23.8 Å². The van der Waals surface area contributed by atoms with Crippen LogP contribution in [-0.4, -0.2) is 37.2 Å². The molecule has 0 saturated carbocycles. The quantitative estimate of drug-likeness (QED) is 0.868. The lowest BCUT2D eigenvalue weighted by molar-refractivity contribution is -0.0164. The Kier molecular flexibility index (Phi) is 4.59. The monoisotopic (exact) mass is 304 g/mol. The third-order valence-corrected chi connectivity index (χ3v) is 4.96. The summed E-state index contributed by atoms with van der Waals surface area (Å²) in [4.78, 5) is 2.36. The standard InChI is InChI=1S/C18H28N2O2/c1-3-4-11-21-14-5-6-17-15(12-14)16(19)13-18(22-17)7-9-20(2)10-8-18/h5-6,12,16H,3-4,7-11,13,19H2,1-2H3. The van der Waals surface area contributed by atoms with Crippen molar-refractivity contribution in [3.8, 4) is 11.5 Å². The second-order valence-electron chi connectivity index (χ2n) is 6.80. The summed E-state index contributed by atoms with van der Waals surface area (Å²) in [5.74, 6) is 1.86. The number of nitrogens with two attached hydrogens (primary N) is 1. The molecule has 2 heterocycles. The molecule has 1 unspecified atom stereocenters. The van der Waals surface area contributed by atoms with Crippen LogP contribution >= 0.6 is 0 Å². The van der Waals surface area contributed by atoms with Gasteiger partial charge in [-0.3, -0.25) is 0 Å². The first-order chi connectivity index (χ1) is 10.6. The number of rotatable bonds is 4. The Bertz CT molecular complexity index is 510. The summed E-state index contributed by atoms with van der Waals surface area (Å²) in [6.07, 6.45) is 5.25. The minimum absolute atomic E-state index is 0.0434. The second-order valence-corrected chi connectivity index (χ2v) is 6.80. The van der Waals surface area contributed by atoms with Gasteiger partial charge in [0.15, 0.2) is 0 Å². The second kappa shape index (κ2) is 6.47. The minimum atomic E-state index is -0.0660. The van der Waals surface area contributed by atoms with Crippen LogP contribution in [0.25, 0.3) is 0 Å². The molecule has 2 aliphatic rings. The number of nitrogens with zero attached hydrogens (tertiary/aromatic N) is 1. The van der Waals surface area contributed by atoms with Gasteiger partial charge in [0.2, 0.25) is 0 Å². The molecule has 1 aromatic rings. The predicted molar refractivity (Wildman–Crippen MR) is 88.5 cm³/mol. The molecule has 0 amide bonds. The molecule has 4 nitrogen and oxygen atoms in total. The summed E-state index contributed by atoms with van der Waals surface area (Å²) in [6, 6.07) is 6.16. The number of unbranched alkanes of at least 4 members (excludes halogenated alkanes) is 1. The van der Waals surface area contributed by atoms with Crippen molar-refractivity contribution >= 4 is 0 Å². The van der Waals surface area contributed by atoms with E-state index in [0.29, 0.717) is 0 Å². The number of hydrogen-bond donors (Lipinski definition) is 1. The molecule has 1 atom stereocenters. The van der Waals surface area contributed by atoms with Crippen LogP contribution in [0.1, 0.15) is 50.6 Å². The Morgan fingerprint density at radius 3 is 2.86 bits per heavy atom. The average Bonchev–Trinajstić information content (AvgIpc) is 2.51. The van der Waals surface area contributed by atoms with E-state index in [-0.39, 0.29) is 11.6 Å². The molecule has 0 aromatic heterocycles. The van der Waals surface area contributed by atoms with E-state index in [9.17, 15) is 0 Å². The van der Waals surface area contributed by atoms with Gasteiger partial charge in [0, 0.05) is 31.1 Å². The summed E-state index contributed by atoms with van der Waals surface area (Å²) >= 11 is 0. The first-order valence-electron chi connectivity index (χ1n) is 8.52. The SMILES string of the molecule is CCCCOc1ccc2c(c1)C(N)CC1(CCN(C)CC1)O2. The van der Waals surface area contributed by atoms with Crippen molar-refractivity contribution < 1.29 is 9.47 Å². The molecule has 22 heavy (non-hydrogen) atoms. The number of hydrogen-bond acceptors (Lipinski definition) is 4. The van der Waals surface area contributed by atoms with Gasteiger partial charge in [-0.05, 0) is 44.5 Å². The zero-order valence-corrected chi connectivity index (χ0v) is 13.8. The summed E-state index contributed by atoms with van der Waals surface area (Å²) in [5, 5.41) is 0. The van der Waals surface area contributed by atoms with Gasteiger partial charge in [0.1, 0.15) is 17.1 Å². The minimum Gasteiger partial charge on any atom is -0.494 e. The first kappa shape index (κ1) is 15.6. The van der Waals surface area contributed by atoms with Crippen molar-refractivity contribution in [2.24, 2.45) is 5.73 Å². The molecule has 3 rings (SSSR count). The average molecular weight is 304 g/mol. The van der Waals surface area contributed by atoms with E-state index in [0.717, 1.165) is 68.9 Å². The predicted octanol–water partition coefficient (Wildman–Crippen LogP) is 3.11. The first-order valence-corrected chi connectivity index (χ1v) is 8.52. The number of likely N-dealkylation sites (tertiary alicyclic amines) is 1. The molecule has 2 aliphatic heterocycles. The van der Waals surface area contributed by atoms with Crippen LogP contribution in [-0.2, 0) is 0 Å². The van der Waals surface area contributed by atoms with E-state index < -0.39 is 0 Å². The highest BCUT2D eigenvalue weighted by Gasteiger charge is 2.41. The van der Waals surface area contributed by atoms with Gasteiger partial charge in [-0.25, -0.2) is 0 Å². The number of benzene rings is 1. The third-order valence-electron chi connectivity index (χ3n) is 4.96. The molecular formula is C18H28N2O2. The molecule has 2 N–H and O–H groups in total. The fourth-order valence-electron chi connectivity index (χ4n) is 3.45. The Hall–Kier alpha value is -1.26. The summed E-state index contributed by atoms with van der Waals surface area (Å²) in [6.45, 7) is 5.10. The number of ether oxygens (including phenoxy) is 2. The molecule has 0 radical (unpaired) electrons. The lowest BCUT2D eigenvalue weighted by Gasteiger charge is -2.45. The molecule has 0 bridgehead atoms. The van der Waals surface area contributed by atoms with Crippen molar-refractivity contribution in [3.63, 3.8) is 0 Å². The van der Waals surface area contributed by atoms with Crippen molar-refractivity contribution in [2.45, 2.75) is 50.7 Å². The van der Waals surface area contributed by atoms with Crippen molar-refractivity contribution in [1.82, 2.24) is 4.90 Å². The van der Waals surface area contributed by atoms with Crippen LogP contribution < -0.4 is 15.2 Å². The van der Waals surface area contributed by atoms with Crippen LogP contribution in [0.4, 0.5) is 0 Å². The highest BCUT2D eigenvalue weighted by Crippen LogP contribution is 2.44. The van der Waals surface area contributed by atoms with E-state index in [1.807, 2.05) is 12.1 Å². The molecule has 122 valence electrons. The highest BCUT2D eigenvalue weighted by atomic mass is 16.5. The van der Waals surface area contributed by atoms with Crippen LogP contribution in [0.15, 0.2) is 18.2 Å². The lowest BCUT2D eigenvalue weighted by atomic mass is 9.81. The number of piperidine rings is 1. The zero-order valence-electron chi connectivity index (χ0n) is 13.8. The van der Waals surface area contributed by atoms with Gasteiger partial charge in [-0.2, -0.15) is 0 Å². The molecule has 1 fully saturated rings. The van der Waals surface area contributed by atoms with Gasteiger partial charge < -0.3 is 20.1 Å².